The second-order valence-electron chi connectivity index (χ2n) is 4.17. The van der Waals surface area contributed by atoms with Crippen LogP contribution in [0.15, 0.2) is 36.4 Å². The number of nitrogens with zero attached hydrogens (tertiary/aromatic N) is 2. The lowest BCUT2D eigenvalue weighted by Crippen LogP contribution is -2.05. The Balaban J connectivity index is 2.16. The maximum Gasteiger partial charge on any atom is 0.276 e. The number of nitrogens with one attached hydrogen (secondary N) is 1. The summed E-state index contributed by atoms with van der Waals surface area (Å²) < 4.78 is 0. The molecule has 0 radical (unpaired) electrons. The van der Waals surface area contributed by atoms with Gasteiger partial charge in [-0.3, -0.25) is 10.1 Å². The van der Waals surface area contributed by atoms with Crippen molar-refractivity contribution in [2.75, 3.05) is 11.1 Å². The Morgan fingerprint density at radius 1 is 1.37 bits per heavy atom. The summed E-state index contributed by atoms with van der Waals surface area (Å²) in [5.41, 5.74) is 7.72. The van der Waals surface area contributed by atoms with Crippen LogP contribution in [-0.4, -0.2) is 9.91 Å². The van der Waals surface area contributed by atoms with Crippen LogP contribution in [0, 0.1) is 17.0 Å². The molecule has 1 aromatic carbocycles. The molecule has 1 heterocycles. The number of anilines is 2. The Morgan fingerprint density at radius 3 is 2.79 bits per heavy atom. The first-order valence-corrected chi connectivity index (χ1v) is 5.76. The van der Waals surface area contributed by atoms with Crippen LogP contribution in [-0.2, 0) is 6.54 Å². The Labute approximate surface area is 110 Å². The van der Waals surface area contributed by atoms with Gasteiger partial charge >= 0.3 is 0 Å². The van der Waals surface area contributed by atoms with Crippen LogP contribution in [0.4, 0.5) is 17.3 Å². The maximum absolute atomic E-state index is 10.7. The molecule has 0 bridgehead atoms. The average molecular weight is 258 g/mol. The predicted octanol–water partition coefficient (Wildman–Crippen LogP) is 2.49. The first-order valence-electron chi connectivity index (χ1n) is 5.76. The highest BCUT2D eigenvalue weighted by atomic mass is 16.6. The van der Waals surface area contributed by atoms with Gasteiger partial charge in [0.1, 0.15) is 11.6 Å². The third-order valence-electron chi connectivity index (χ3n) is 2.76. The summed E-state index contributed by atoms with van der Waals surface area (Å²) in [6.07, 6.45) is 0. The van der Waals surface area contributed by atoms with Crippen LogP contribution >= 0.6 is 0 Å². The van der Waals surface area contributed by atoms with Crippen molar-refractivity contribution in [2.24, 2.45) is 0 Å². The summed E-state index contributed by atoms with van der Waals surface area (Å²) in [4.78, 5) is 14.3. The minimum Gasteiger partial charge on any atom is -0.383 e. The van der Waals surface area contributed by atoms with E-state index in [1.54, 1.807) is 0 Å². The normalized spacial score (nSPS) is 10.2. The molecule has 0 fully saturated rings. The van der Waals surface area contributed by atoms with E-state index in [0.29, 0.717) is 12.4 Å². The lowest BCUT2D eigenvalue weighted by Gasteiger charge is -2.08. The van der Waals surface area contributed by atoms with E-state index in [4.69, 9.17) is 5.73 Å². The number of nitrogen functional groups attached to an aromatic ring is 1. The van der Waals surface area contributed by atoms with E-state index in [0.717, 1.165) is 11.1 Å². The lowest BCUT2D eigenvalue weighted by atomic mass is 10.1. The molecule has 2 aromatic rings. The molecule has 3 N–H and O–H groups in total. The summed E-state index contributed by atoms with van der Waals surface area (Å²) in [6, 6.07) is 10.5. The van der Waals surface area contributed by atoms with Gasteiger partial charge in [0, 0.05) is 6.54 Å². The van der Waals surface area contributed by atoms with Crippen molar-refractivity contribution >= 4 is 17.3 Å². The van der Waals surface area contributed by atoms with Gasteiger partial charge in [0.05, 0.1) is 17.1 Å². The van der Waals surface area contributed by atoms with Crippen LogP contribution < -0.4 is 11.1 Å². The third kappa shape index (κ3) is 3.19. The number of hydrogen-bond acceptors (Lipinski definition) is 5. The lowest BCUT2D eigenvalue weighted by molar-refractivity contribution is -0.384. The SMILES string of the molecule is Cc1ccccc1CNc1cc([N+](=O)[O-])cc(N)n1. The van der Waals surface area contributed by atoms with Crippen LogP contribution in [0.3, 0.4) is 0 Å². The summed E-state index contributed by atoms with van der Waals surface area (Å²) in [5.74, 6) is 0.524. The second-order valence-corrected chi connectivity index (χ2v) is 4.17. The smallest absolute Gasteiger partial charge is 0.276 e. The van der Waals surface area contributed by atoms with Gasteiger partial charge < -0.3 is 11.1 Å². The average Bonchev–Trinajstić information content (AvgIpc) is 2.37. The highest BCUT2D eigenvalue weighted by Gasteiger charge is 2.09. The fourth-order valence-electron chi connectivity index (χ4n) is 1.73. The Hall–Kier alpha value is -2.63. The highest BCUT2D eigenvalue weighted by molar-refractivity contribution is 5.53. The molecule has 0 unspecified atom stereocenters. The zero-order chi connectivity index (χ0) is 13.8. The summed E-state index contributed by atoms with van der Waals surface area (Å²) in [6.45, 7) is 2.55. The van der Waals surface area contributed by atoms with Gasteiger partial charge in [-0.15, -0.1) is 0 Å². The molecule has 0 aliphatic carbocycles. The Morgan fingerprint density at radius 2 is 2.11 bits per heavy atom. The number of nitrogens with two attached hydrogens (primary N) is 1. The molecule has 0 saturated heterocycles. The van der Waals surface area contributed by atoms with Crippen LogP contribution in [0.5, 0.6) is 0 Å². The fraction of sp³-hybridized carbons (Fsp3) is 0.154. The van der Waals surface area contributed by atoms with Crippen LogP contribution in [0.25, 0.3) is 0 Å². The monoisotopic (exact) mass is 258 g/mol. The Kier molecular flexibility index (Phi) is 3.61. The quantitative estimate of drug-likeness (QED) is 0.649. The molecule has 6 heteroatoms. The number of rotatable bonds is 4. The topological polar surface area (TPSA) is 94.1 Å². The molecule has 0 amide bonds. The third-order valence-corrected chi connectivity index (χ3v) is 2.76. The molecule has 6 nitrogen and oxygen atoms in total. The first-order chi connectivity index (χ1) is 9.06. The van der Waals surface area contributed by atoms with E-state index in [1.807, 2.05) is 31.2 Å². The van der Waals surface area contributed by atoms with E-state index >= 15 is 0 Å². The molecule has 98 valence electrons. The number of nitro groups is 1. The van der Waals surface area contributed by atoms with E-state index in [9.17, 15) is 10.1 Å². The summed E-state index contributed by atoms with van der Waals surface area (Å²) >= 11 is 0. The van der Waals surface area contributed by atoms with E-state index in [2.05, 4.69) is 10.3 Å². The van der Waals surface area contributed by atoms with Crippen LogP contribution in [0.1, 0.15) is 11.1 Å². The van der Waals surface area contributed by atoms with Crippen LogP contribution in [0.2, 0.25) is 0 Å². The molecule has 0 spiro atoms. The molecule has 0 atom stereocenters. The first kappa shape index (κ1) is 12.8. The predicted molar refractivity (Wildman–Crippen MR) is 73.8 cm³/mol. The number of benzene rings is 1. The van der Waals surface area contributed by atoms with Gasteiger partial charge in [-0.2, -0.15) is 0 Å². The highest BCUT2D eigenvalue weighted by Crippen LogP contribution is 2.19. The zero-order valence-electron chi connectivity index (χ0n) is 10.5. The molecular formula is C13H14N4O2. The molecular weight excluding hydrogens is 244 g/mol. The molecule has 2 rings (SSSR count). The minimum atomic E-state index is -0.489. The van der Waals surface area contributed by atoms with E-state index in [1.165, 1.54) is 12.1 Å². The largest absolute Gasteiger partial charge is 0.383 e. The van der Waals surface area contributed by atoms with E-state index < -0.39 is 4.92 Å². The van der Waals surface area contributed by atoms with Gasteiger partial charge in [-0.1, -0.05) is 24.3 Å². The zero-order valence-corrected chi connectivity index (χ0v) is 10.5. The molecule has 1 aromatic heterocycles. The van der Waals surface area contributed by atoms with Crippen molar-refractivity contribution in [3.63, 3.8) is 0 Å². The van der Waals surface area contributed by atoms with Gasteiger partial charge in [0.2, 0.25) is 0 Å². The Bertz CT molecular complexity index is 613. The maximum atomic E-state index is 10.7. The van der Waals surface area contributed by atoms with Crippen molar-refractivity contribution in [1.29, 1.82) is 0 Å². The number of aryl methyl sites for hydroxylation is 1. The van der Waals surface area contributed by atoms with Crippen molar-refractivity contribution in [1.82, 2.24) is 4.98 Å². The molecule has 0 aliphatic rings. The van der Waals surface area contributed by atoms with Gasteiger partial charge in [0.25, 0.3) is 5.69 Å². The molecule has 0 aliphatic heterocycles. The number of aromatic nitrogens is 1. The molecule has 0 saturated carbocycles. The van der Waals surface area contributed by atoms with Gasteiger partial charge in [-0.05, 0) is 18.1 Å². The summed E-state index contributed by atoms with van der Waals surface area (Å²) in [7, 11) is 0. The van der Waals surface area contributed by atoms with Gasteiger partial charge in [-0.25, -0.2) is 4.98 Å². The van der Waals surface area contributed by atoms with Crippen molar-refractivity contribution in [3.8, 4) is 0 Å². The number of pyridine rings is 1. The van der Waals surface area contributed by atoms with E-state index in [-0.39, 0.29) is 11.5 Å². The van der Waals surface area contributed by atoms with Crippen molar-refractivity contribution < 1.29 is 4.92 Å². The minimum absolute atomic E-state index is 0.0696. The number of hydrogen-bond donors (Lipinski definition) is 2. The molecule has 19 heavy (non-hydrogen) atoms. The van der Waals surface area contributed by atoms with Gasteiger partial charge in [0.15, 0.2) is 0 Å². The second kappa shape index (κ2) is 5.34. The fourth-order valence-corrected chi connectivity index (χ4v) is 1.73. The van der Waals surface area contributed by atoms with Crippen molar-refractivity contribution in [3.05, 3.63) is 57.6 Å². The summed E-state index contributed by atoms with van der Waals surface area (Å²) in [5, 5.41) is 13.8. The standard InChI is InChI=1S/C13H14N4O2/c1-9-4-2-3-5-10(9)8-15-13-7-11(17(18)19)6-12(14)16-13/h2-7H,8H2,1H3,(H3,14,15,16). The van der Waals surface area contributed by atoms with Crippen molar-refractivity contribution in [2.45, 2.75) is 13.5 Å².